The number of carboxylic acid groups (broad SMARTS) is 1. The van der Waals surface area contributed by atoms with Gasteiger partial charge in [-0.1, -0.05) is 6.07 Å². The van der Waals surface area contributed by atoms with Gasteiger partial charge in [-0.25, -0.2) is 4.79 Å². The van der Waals surface area contributed by atoms with Crippen molar-refractivity contribution in [1.29, 1.82) is 0 Å². The Balaban J connectivity index is 1.96. The second-order valence-corrected chi connectivity index (χ2v) is 4.10. The third-order valence-electron chi connectivity index (χ3n) is 2.76. The lowest BCUT2D eigenvalue weighted by molar-refractivity contribution is -0.158. The number of carboxylic acids is 1. The summed E-state index contributed by atoms with van der Waals surface area (Å²) >= 11 is 0. The van der Waals surface area contributed by atoms with Crippen molar-refractivity contribution in [3.63, 3.8) is 0 Å². The van der Waals surface area contributed by atoms with Gasteiger partial charge in [0.1, 0.15) is 0 Å². The third kappa shape index (κ3) is 3.62. The molecular formula is C13H14N2O4. The number of carbonyl (C=O) groups excluding carboxylic acids is 1. The van der Waals surface area contributed by atoms with E-state index in [1.54, 1.807) is 24.5 Å². The van der Waals surface area contributed by atoms with Crippen LogP contribution in [0.4, 0.5) is 0 Å². The largest absolute Gasteiger partial charge is 0.479 e. The van der Waals surface area contributed by atoms with Gasteiger partial charge >= 0.3 is 5.97 Å². The highest BCUT2D eigenvalue weighted by atomic mass is 16.5. The molecule has 1 aromatic rings. The van der Waals surface area contributed by atoms with E-state index in [0.29, 0.717) is 6.54 Å². The van der Waals surface area contributed by atoms with Crippen molar-refractivity contribution in [3.8, 4) is 0 Å². The third-order valence-corrected chi connectivity index (χ3v) is 2.76. The molecule has 0 radical (unpaired) electrons. The highest BCUT2D eigenvalue weighted by Crippen LogP contribution is 2.07. The van der Waals surface area contributed by atoms with Crippen LogP contribution < -0.4 is 0 Å². The average molecular weight is 262 g/mol. The zero-order valence-corrected chi connectivity index (χ0v) is 10.2. The summed E-state index contributed by atoms with van der Waals surface area (Å²) in [6.45, 7) is 0.717. The maximum atomic E-state index is 11.9. The molecule has 6 nitrogen and oxygen atoms in total. The number of ether oxygens (including phenoxy) is 1. The Morgan fingerprint density at radius 1 is 1.53 bits per heavy atom. The predicted octanol–water partition coefficient (Wildman–Crippen LogP) is 0.407. The van der Waals surface area contributed by atoms with Crippen LogP contribution in [-0.4, -0.2) is 52.7 Å². The van der Waals surface area contributed by atoms with Crippen LogP contribution >= 0.6 is 0 Å². The van der Waals surface area contributed by atoms with E-state index in [0.717, 1.165) is 5.56 Å². The quantitative estimate of drug-likeness (QED) is 0.798. The Morgan fingerprint density at radius 3 is 3.05 bits per heavy atom. The Labute approximate surface area is 110 Å². The van der Waals surface area contributed by atoms with Crippen LogP contribution in [0.25, 0.3) is 6.08 Å². The maximum Gasteiger partial charge on any atom is 0.334 e. The normalized spacial score (nSPS) is 19.6. The first-order chi connectivity index (χ1) is 9.16. The lowest BCUT2D eigenvalue weighted by Crippen LogP contribution is -2.48. The molecular weight excluding hydrogens is 248 g/mol. The van der Waals surface area contributed by atoms with Crippen molar-refractivity contribution in [2.24, 2.45) is 0 Å². The molecule has 100 valence electrons. The van der Waals surface area contributed by atoms with Crippen LogP contribution in [0.1, 0.15) is 5.56 Å². The first-order valence-electron chi connectivity index (χ1n) is 5.88. The molecule has 1 atom stereocenters. The summed E-state index contributed by atoms with van der Waals surface area (Å²) in [5.41, 5.74) is 0.818. The monoisotopic (exact) mass is 262 g/mol. The van der Waals surface area contributed by atoms with Crippen LogP contribution in [0.3, 0.4) is 0 Å². The number of carbonyl (C=O) groups is 2. The molecule has 2 heterocycles. The SMILES string of the molecule is O=C(O)C1CN(C(=O)C=Cc2cccnc2)CCO1. The molecule has 1 unspecified atom stereocenters. The zero-order valence-electron chi connectivity index (χ0n) is 10.2. The van der Waals surface area contributed by atoms with Crippen LogP contribution in [0, 0.1) is 0 Å². The zero-order chi connectivity index (χ0) is 13.7. The topological polar surface area (TPSA) is 79.7 Å². The summed E-state index contributed by atoms with van der Waals surface area (Å²) in [6, 6.07) is 3.61. The van der Waals surface area contributed by atoms with Gasteiger partial charge < -0.3 is 14.7 Å². The van der Waals surface area contributed by atoms with E-state index < -0.39 is 12.1 Å². The minimum atomic E-state index is -1.05. The van der Waals surface area contributed by atoms with E-state index >= 15 is 0 Å². The fourth-order valence-corrected chi connectivity index (χ4v) is 1.75. The van der Waals surface area contributed by atoms with Crippen LogP contribution in [-0.2, 0) is 14.3 Å². The van der Waals surface area contributed by atoms with Crippen LogP contribution in [0.5, 0.6) is 0 Å². The van der Waals surface area contributed by atoms with Crippen molar-refractivity contribution < 1.29 is 19.4 Å². The standard InChI is InChI=1S/C13H14N2O4/c16-12(4-3-10-2-1-5-14-8-10)15-6-7-19-11(9-15)13(17)18/h1-5,8,11H,6-7,9H2,(H,17,18). The molecule has 0 spiro atoms. The van der Waals surface area contributed by atoms with Crippen molar-refractivity contribution in [2.45, 2.75) is 6.10 Å². The van der Waals surface area contributed by atoms with Crippen molar-refractivity contribution >= 4 is 18.0 Å². The van der Waals surface area contributed by atoms with Crippen LogP contribution in [0.2, 0.25) is 0 Å². The summed E-state index contributed by atoms with van der Waals surface area (Å²) < 4.78 is 5.06. The molecule has 0 aliphatic carbocycles. The van der Waals surface area contributed by atoms with E-state index in [1.807, 2.05) is 6.07 Å². The number of aromatic nitrogens is 1. The molecule has 1 saturated heterocycles. The second kappa shape index (κ2) is 6.10. The highest BCUT2D eigenvalue weighted by Gasteiger charge is 2.27. The summed E-state index contributed by atoms with van der Waals surface area (Å²) in [7, 11) is 0. The minimum Gasteiger partial charge on any atom is -0.479 e. The Morgan fingerprint density at radius 2 is 2.37 bits per heavy atom. The smallest absolute Gasteiger partial charge is 0.334 e. The van der Waals surface area contributed by atoms with Gasteiger partial charge in [-0.2, -0.15) is 0 Å². The Bertz CT molecular complexity index is 487. The summed E-state index contributed by atoms with van der Waals surface area (Å²) in [5.74, 6) is -1.27. The van der Waals surface area contributed by atoms with Crippen LogP contribution in [0.15, 0.2) is 30.6 Å². The van der Waals surface area contributed by atoms with Gasteiger partial charge in [-0.05, 0) is 17.7 Å². The van der Waals surface area contributed by atoms with Gasteiger partial charge in [-0.15, -0.1) is 0 Å². The molecule has 0 saturated carbocycles. The Kier molecular flexibility index (Phi) is 4.25. The molecule has 0 bridgehead atoms. The number of hydrogen-bond acceptors (Lipinski definition) is 4. The van der Waals surface area contributed by atoms with Crippen molar-refractivity contribution in [1.82, 2.24) is 9.88 Å². The van der Waals surface area contributed by atoms with Crippen molar-refractivity contribution in [2.75, 3.05) is 19.7 Å². The van der Waals surface area contributed by atoms with E-state index in [4.69, 9.17) is 9.84 Å². The van der Waals surface area contributed by atoms with E-state index in [1.165, 1.54) is 11.0 Å². The molecule has 1 aromatic heterocycles. The van der Waals surface area contributed by atoms with Gasteiger partial charge in [-0.3, -0.25) is 9.78 Å². The van der Waals surface area contributed by atoms with Gasteiger partial charge in [0.15, 0.2) is 6.10 Å². The fourth-order valence-electron chi connectivity index (χ4n) is 1.75. The molecule has 0 aromatic carbocycles. The number of rotatable bonds is 3. The molecule has 1 aliphatic rings. The van der Waals surface area contributed by atoms with Gasteiger partial charge in [0.2, 0.25) is 5.91 Å². The molecule has 2 rings (SSSR count). The summed E-state index contributed by atoms with van der Waals surface area (Å²) in [4.78, 5) is 28.1. The molecule has 19 heavy (non-hydrogen) atoms. The average Bonchev–Trinajstić information content (AvgIpc) is 2.46. The number of hydrogen-bond donors (Lipinski definition) is 1. The number of nitrogens with zero attached hydrogens (tertiary/aromatic N) is 2. The molecule has 1 amide bonds. The lowest BCUT2D eigenvalue weighted by Gasteiger charge is -2.30. The summed E-state index contributed by atoms with van der Waals surface area (Å²) in [5, 5.41) is 8.86. The number of aliphatic carboxylic acids is 1. The summed E-state index contributed by atoms with van der Waals surface area (Å²) in [6.07, 6.45) is 5.42. The number of morpholine rings is 1. The number of pyridine rings is 1. The number of amides is 1. The van der Waals surface area contributed by atoms with E-state index in [9.17, 15) is 9.59 Å². The van der Waals surface area contributed by atoms with E-state index in [2.05, 4.69) is 4.98 Å². The molecule has 1 aliphatic heterocycles. The van der Waals surface area contributed by atoms with Gasteiger partial charge in [0.25, 0.3) is 0 Å². The lowest BCUT2D eigenvalue weighted by atomic mass is 10.2. The minimum absolute atomic E-state index is 0.0749. The fraction of sp³-hybridized carbons (Fsp3) is 0.308. The van der Waals surface area contributed by atoms with Gasteiger partial charge in [0.05, 0.1) is 13.2 Å². The first-order valence-corrected chi connectivity index (χ1v) is 5.88. The van der Waals surface area contributed by atoms with Gasteiger partial charge in [0, 0.05) is 25.0 Å². The maximum absolute atomic E-state index is 11.9. The molecule has 1 fully saturated rings. The second-order valence-electron chi connectivity index (χ2n) is 4.10. The first kappa shape index (κ1) is 13.2. The molecule has 1 N–H and O–H groups in total. The predicted molar refractivity (Wildman–Crippen MR) is 67.2 cm³/mol. The highest BCUT2D eigenvalue weighted by molar-refractivity contribution is 5.92. The van der Waals surface area contributed by atoms with E-state index in [-0.39, 0.29) is 19.1 Å². The molecule has 6 heteroatoms. The van der Waals surface area contributed by atoms with Crippen molar-refractivity contribution in [3.05, 3.63) is 36.2 Å². The Hall–Kier alpha value is -2.21.